The summed E-state index contributed by atoms with van der Waals surface area (Å²) in [6.07, 6.45) is 8.39. The Kier molecular flexibility index (Phi) is 5.91. The Bertz CT molecular complexity index is 650. The number of nitriles is 1. The van der Waals surface area contributed by atoms with Gasteiger partial charge in [0.1, 0.15) is 0 Å². The van der Waals surface area contributed by atoms with E-state index in [2.05, 4.69) is 18.0 Å². The molecule has 0 aliphatic carbocycles. The first-order valence-corrected chi connectivity index (χ1v) is 7.78. The fraction of sp³-hybridized carbons (Fsp3) is 0.389. The van der Waals surface area contributed by atoms with Crippen molar-refractivity contribution >= 4 is 5.78 Å². The molecule has 1 heterocycles. The zero-order valence-corrected chi connectivity index (χ0v) is 13.0. The number of carbonyl (C=O) groups excluding carboxylic acids is 1. The van der Waals surface area contributed by atoms with Gasteiger partial charge in [0.05, 0.1) is 12.5 Å². The third kappa shape index (κ3) is 4.05. The molecule has 0 amide bonds. The lowest BCUT2D eigenvalue weighted by atomic mass is 10.0. The summed E-state index contributed by atoms with van der Waals surface area (Å²) in [6, 6.07) is 9.86. The van der Waals surface area contributed by atoms with Crippen LogP contribution < -0.4 is 0 Å². The van der Waals surface area contributed by atoms with E-state index in [4.69, 9.17) is 5.26 Å². The minimum absolute atomic E-state index is 0.0944. The number of unbranched alkanes of at least 4 members (excludes halogenated alkanes) is 2. The monoisotopic (exact) mass is 295 g/mol. The highest BCUT2D eigenvalue weighted by atomic mass is 16.1. The fourth-order valence-corrected chi connectivity index (χ4v) is 2.40. The number of hydrogen-bond donors (Lipinski definition) is 0. The van der Waals surface area contributed by atoms with Crippen LogP contribution in [0.25, 0.3) is 0 Å². The van der Waals surface area contributed by atoms with Crippen LogP contribution in [0, 0.1) is 11.3 Å². The van der Waals surface area contributed by atoms with Crippen molar-refractivity contribution in [2.75, 3.05) is 0 Å². The van der Waals surface area contributed by atoms with E-state index in [1.54, 1.807) is 17.0 Å². The molecule has 0 spiro atoms. The van der Waals surface area contributed by atoms with Crippen molar-refractivity contribution in [2.45, 2.75) is 45.6 Å². The van der Waals surface area contributed by atoms with E-state index < -0.39 is 0 Å². The number of ketones is 1. The molecule has 0 aliphatic heterocycles. The average Bonchev–Trinajstić information content (AvgIpc) is 3.01. The largest absolute Gasteiger partial charge is 0.327 e. The molecule has 114 valence electrons. The second kappa shape index (κ2) is 8.14. The Balaban J connectivity index is 2.07. The van der Waals surface area contributed by atoms with E-state index in [1.807, 2.05) is 24.3 Å². The lowest BCUT2D eigenvalue weighted by molar-refractivity contribution is 0.102. The SMILES string of the molecule is CCCCCc1ccc(C(=O)c2nccn2CCC#N)cc1. The topological polar surface area (TPSA) is 58.7 Å². The summed E-state index contributed by atoms with van der Waals surface area (Å²) >= 11 is 0. The highest BCUT2D eigenvalue weighted by molar-refractivity contribution is 6.06. The van der Waals surface area contributed by atoms with Crippen LogP contribution in [0.1, 0.15) is 54.4 Å². The Hall–Kier alpha value is -2.41. The van der Waals surface area contributed by atoms with Crippen LogP contribution in [0.5, 0.6) is 0 Å². The van der Waals surface area contributed by atoms with E-state index in [-0.39, 0.29) is 5.78 Å². The molecule has 0 atom stereocenters. The quantitative estimate of drug-likeness (QED) is 0.550. The summed E-state index contributed by atoms with van der Waals surface area (Å²) in [5, 5.41) is 8.66. The third-order valence-corrected chi connectivity index (χ3v) is 3.67. The molecule has 1 aromatic heterocycles. The standard InChI is InChI=1S/C18H21N3O/c1-2-3-4-6-15-7-9-16(10-8-15)17(22)18-20-12-14-21(18)13-5-11-19/h7-10,12,14H,2-6,13H2,1H3. The van der Waals surface area contributed by atoms with E-state index in [0.717, 1.165) is 6.42 Å². The van der Waals surface area contributed by atoms with Crippen LogP contribution in [0.2, 0.25) is 0 Å². The van der Waals surface area contributed by atoms with Crippen molar-refractivity contribution in [1.29, 1.82) is 5.26 Å². The highest BCUT2D eigenvalue weighted by Crippen LogP contribution is 2.13. The number of carbonyl (C=O) groups is 1. The molecule has 0 aliphatic rings. The van der Waals surface area contributed by atoms with Crippen molar-refractivity contribution in [3.8, 4) is 6.07 Å². The minimum Gasteiger partial charge on any atom is -0.327 e. The first-order valence-electron chi connectivity index (χ1n) is 7.78. The predicted molar refractivity (Wildman–Crippen MR) is 85.6 cm³/mol. The molecule has 0 N–H and O–H groups in total. The predicted octanol–water partition coefficient (Wildman–Crippen LogP) is 3.76. The van der Waals surface area contributed by atoms with Crippen LogP contribution in [0.15, 0.2) is 36.7 Å². The van der Waals surface area contributed by atoms with Gasteiger partial charge in [-0.2, -0.15) is 5.26 Å². The second-order valence-corrected chi connectivity index (χ2v) is 5.34. The summed E-state index contributed by atoms with van der Waals surface area (Å²) < 4.78 is 1.74. The van der Waals surface area contributed by atoms with E-state index in [0.29, 0.717) is 24.4 Å². The van der Waals surface area contributed by atoms with Crippen molar-refractivity contribution < 1.29 is 4.79 Å². The van der Waals surface area contributed by atoms with Gasteiger partial charge in [-0.25, -0.2) is 4.98 Å². The van der Waals surface area contributed by atoms with Gasteiger partial charge >= 0.3 is 0 Å². The molecule has 0 unspecified atom stereocenters. The molecule has 1 aromatic carbocycles. The van der Waals surface area contributed by atoms with Crippen molar-refractivity contribution in [2.24, 2.45) is 0 Å². The lowest BCUT2D eigenvalue weighted by Gasteiger charge is -2.06. The molecule has 0 radical (unpaired) electrons. The molecule has 4 nitrogen and oxygen atoms in total. The van der Waals surface area contributed by atoms with Crippen molar-refractivity contribution in [3.63, 3.8) is 0 Å². The second-order valence-electron chi connectivity index (χ2n) is 5.34. The maximum absolute atomic E-state index is 12.5. The first-order chi connectivity index (χ1) is 10.8. The van der Waals surface area contributed by atoms with E-state index in [1.165, 1.54) is 24.8 Å². The van der Waals surface area contributed by atoms with Gasteiger partial charge in [0.2, 0.25) is 5.78 Å². The number of aromatic nitrogens is 2. The molecule has 4 heteroatoms. The van der Waals surface area contributed by atoms with Gasteiger partial charge in [-0.15, -0.1) is 0 Å². The summed E-state index contributed by atoms with van der Waals surface area (Å²) in [7, 11) is 0. The number of rotatable bonds is 8. The molecule has 2 rings (SSSR count). The number of nitrogens with zero attached hydrogens (tertiary/aromatic N) is 3. The van der Waals surface area contributed by atoms with Gasteiger partial charge in [0, 0.05) is 24.5 Å². The highest BCUT2D eigenvalue weighted by Gasteiger charge is 2.14. The zero-order chi connectivity index (χ0) is 15.8. The van der Waals surface area contributed by atoms with Gasteiger partial charge in [-0.05, 0) is 18.4 Å². The molecule has 22 heavy (non-hydrogen) atoms. The third-order valence-electron chi connectivity index (χ3n) is 3.67. The number of imidazole rings is 1. The summed E-state index contributed by atoms with van der Waals surface area (Å²) in [6.45, 7) is 2.68. The minimum atomic E-state index is -0.0944. The average molecular weight is 295 g/mol. The Labute approximate surface area is 131 Å². The Morgan fingerprint density at radius 3 is 2.73 bits per heavy atom. The zero-order valence-electron chi connectivity index (χ0n) is 13.0. The van der Waals surface area contributed by atoms with Crippen LogP contribution in [-0.2, 0) is 13.0 Å². The Morgan fingerprint density at radius 2 is 2.05 bits per heavy atom. The maximum atomic E-state index is 12.5. The number of aryl methyl sites for hydroxylation is 2. The van der Waals surface area contributed by atoms with Crippen LogP contribution in [0.4, 0.5) is 0 Å². The van der Waals surface area contributed by atoms with Gasteiger partial charge in [-0.1, -0.05) is 44.0 Å². The molecule has 0 saturated carbocycles. The molecule has 0 saturated heterocycles. The van der Waals surface area contributed by atoms with Gasteiger partial charge in [0.15, 0.2) is 5.82 Å². The number of benzene rings is 1. The molecular formula is C18H21N3O. The Morgan fingerprint density at radius 1 is 1.27 bits per heavy atom. The maximum Gasteiger partial charge on any atom is 0.228 e. The van der Waals surface area contributed by atoms with Gasteiger partial charge in [-0.3, -0.25) is 4.79 Å². The normalized spacial score (nSPS) is 10.4. The molecule has 0 fully saturated rings. The first kappa shape index (κ1) is 16.0. The van der Waals surface area contributed by atoms with Gasteiger partial charge < -0.3 is 4.57 Å². The van der Waals surface area contributed by atoms with Crippen LogP contribution >= 0.6 is 0 Å². The van der Waals surface area contributed by atoms with Crippen molar-refractivity contribution in [1.82, 2.24) is 9.55 Å². The molecular weight excluding hydrogens is 274 g/mol. The van der Waals surface area contributed by atoms with Crippen LogP contribution in [-0.4, -0.2) is 15.3 Å². The van der Waals surface area contributed by atoms with E-state index >= 15 is 0 Å². The summed E-state index contributed by atoms with van der Waals surface area (Å²) in [4.78, 5) is 16.6. The molecule has 0 bridgehead atoms. The molecule has 2 aromatic rings. The van der Waals surface area contributed by atoms with Gasteiger partial charge in [0.25, 0.3) is 0 Å². The summed E-state index contributed by atoms with van der Waals surface area (Å²) in [5.74, 6) is 0.303. The van der Waals surface area contributed by atoms with Crippen LogP contribution in [0.3, 0.4) is 0 Å². The van der Waals surface area contributed by atoms with E-state index in [9.17, 15) is 4.79 Å². The fourth-order valence-electron chi connectivity index (χ4n) is 2.40. The van der Waals surface area contributed by atoms with Crippen molar-refractivity contribution in [3.05, 3.63) is 53.6 Å². The lowest BCUT2D eigenvalue weighted by Crippen LogP contribution is -2.11. The summed E-state index contributed by atoms with van der Waals surface area (Å²) in [5.41, 5.74) is 1.90. The number of hydrogen-bond acceptors (Lipinski definition) is 3. The smallest absolute Gasteiger partial charge is 0.228 e.